The zero-order valence-corrected chi connectivity index (χ0v) is 13.5. The summed E-state index contributed by atoms with van der Waals surface area (Å²) in [6.45, 7) is 0.131. The Bertz CT molecular complexity index is 847. The maximum absolute atomic E-state index is 12.2. The van der Waals surface area contributed by atoms with Gasteiger partial charge in [0.05, 0.1) is 9.79 Å². The highest BCUT2D eigenvalue weighted by atomic mass is 32.2. The minimum absolute atomic E-state index is 0.0974. The third kappa shape index (κ3) is 3.92. The molecule has 0 aliphatic carbocycles. The Morgan fingerprint density at radius 1 is 0.818 bits per heavy atom. The average Bonchev–Trinajstić information content (AvgIpc) is 2.54. The summed E-state index contributed by atoms with van der Waals surface area (Å²) in [4.78, 5) is -0.197. The molecule has 0 atom stereocenters. The largest absolute Gasteiger partial charge is 0.240 e. The molecule has 0 saturated carbocycles. The first-order chi connectivity index (χ1) is 10.3. The molecule has 0 aliphatic heterocycles. The Kier molecular flexibility index (Phi) is 4.97. The summed E-state index contributed by atoms with van der Waals surface area (Å²) in [5.41, 5.74) is 0.810. The van der Waals surface area contributed by atoms with Gasteiger partial charge in [0, 0.05) is 6.54 Å². The van der Waals surface area contributed by atoms with Gasteiger partial charge in [-0.2, -0.15) is 0 Å². The lowest BCUT2D eigenvalue weighted by Crippen LogP contribution is -2.24. The van der Waals surface area contributed by atoms with E-state index in [1.807, 2.05) is 18.2 Å². The summed E-state index contributed by atoms with van der Waals surface area (Å²) in [6, 6.07) is 14.2. The minimum atomic E-state index is -3.79. The van der Waals surface area contributed by atoms with Gasteiger partial charge in [-0.3, -0.25) is 0 Å². The van der Waals surface area contributed by atoms with Crippen LogP contribution in [-0.2, 0) is 26.6 Å². The van der Waals surface area contributed by atoms with Crippen LogP contribution in [-0.4, -0.2) is 23.9 Å². The summed E-state index contributed by atoms with van der Waals surface area (Å²) >= 11 is 0. The van der Waals surface area contributed by atoms with Gasteiger partial charge in [0.25, 0.3) is 0 Å². The van der Waals surface area contributed by atoms with Crippen molar-refractivity contribution in [3.8, 4) is 0 Å². The van der Waals surface area contributed by atoms with Crippen molar-refractivity contribution in [3.05, 3.63) is 60.2 Å². The molecule has 2 rings (SSSR count). The van der Waals surface area contributed by atoms with Gasteiger partial charge in [-0.15, -0.1) is 0 Å². The topological polar surface area (TPSA) is 92.3 Å². The van der Waals surface area contributed by atoms with Crippen LogP contribution in [0.3, 0.4) is 0 Å². The van der Waals surface area contributed by atoms with Crippen molar-refractivity contribution in [1.82, 2.24) is 9.44 Å². The number of sulfonamides is 2. The smallest absolute Gasteiger partial charge is 0.214 e. The van der Waals surface area contributed by atoms with Crippen LogP contribution >= 0.6 is 0 Å². The molecule has 8 heteroatoms. The molecule has 0 unspecified atom stereocenters. The van der Waals surface area contributed by atoms with Gasteiger partial charge >= 0.3 is 0 Å². The fourth-order valence-electron chi connectivity index (χ4n) is 1.78. The number of hydrogen-bond acceptors (Lipinski definition) is 4. The molecule has 0 amide bonds. The molecule has 0 fully saturated rings. The van der Waals surface area contributed by atoms with Crippen molar-refractivity contribution in [3.63, 3.8) is 0 Å². The quantitative estimate of drug-likeness (QED) is 0.823. The van der Waals surface area contributed by atoms with Crippen LogP contribution in [0.15, 0.2) is 64.4 Å². The first kappa shape index (κ1) is 16.6. The van der Waals surface area contributed by atoms with Crippen LogP contribution in [0, 0.1) is 0 Å². The van der Waals surface area contributed by atoms with E-state index in [9.17, 15) is 16.8 Å². The van der Waals surface area contributed by atoms with E-state index in [0.29, 0.717) is 0 Å². The molecule has 22 heavy (non-hydrogen) atoms. The summed E-state index contributed by atoms with van der Waals surface area (Å²) in [6.07, 6.45) is 0. The number of hydrogen-bond donors (Lipinski definition) is 2. The SMILES string of the molecule is CNS(=O)(=O)c1cccc(S(=O)(=O)NCc2ccccc2)c1. The second-order valence-electron chi connectivity index (χ2n) is 4.49. The molecule has 0 heterocycles. The van der Waals surface area contributed by atoms with E-state index in [0.717, 1.165) is 11.6 Å². The van der Waals surface area contributed by atoms with E-state index in [-0.39, 0.29) is 16.3 Å². The molecule has 2 N–H and O–H groups in total. The molecule has 0 bridgehead atoms. The normalized spacial score (nSPS) is 12.2. The van der Waals surface area contributed by atoms with Crippen LogP contribution in [0.4, 0.5) is 0 Å². The highest BCUT2D eigenvalue weighted by Crippen LogP contribution is 2.15. The fourth-order valence-corrected chi connectivity index (χ4v) is 3.70. The van der Waals surface area contributed by atoms with Gasteiger partial charge in [0.15, 0.2) is 0 Å². The molecule has 0 aromatic heterocycles. The standard InChI is InChI=1S/C14H16N2O4S2/c1-15-21(17,18)13-8-5-9-14(10-13)22(19,20)16-11-12-6-3-2-4-7-12/h2-10,15-16H,11H2,1H3. The van der Waals surface area contributed by atoms with Crippen molar-refractivity contribution >= 4 is 20.0 Å². The van der Waals surface area contributed by atoms with Gasteiger partial charge in [0.2, 0.25) is 20.0 Å². The van der Waals surface area contributed by atoms with Gasteiger partial charge in [-0.25, -0.2) is 26.3 Å². The lowest BCUT2D eigenvalue weighted by molar-refractivity contribution is 0.580. The van der Waals surface area contributed by atoms with E-state index in [4.69, 9.17) is 0 Å². The summed E-state index contributed by atoms with van der Waals surface area (Å²) in [5, 5.41) is 0. The van der Waals surface area contributed by atoms with Crippen LogP contribution in [0.2, 0.25) is 0 Å². The molecule has 0 spiro atoms. The molecule has 118 valence electrons. The van der Waals surface area contributed by atoms with E-state index in [1.54, 1.807) is 12.1 Å². The monoisotopic (exact) mass is 340 g/mol. The first-order valence-electron chi connectivity index (χ1n) is 6.42. The minimum Gasteiger partial charge on any atom is -0.214 e. The van der Waals surface area contributed by atoms with Crippen molar-refractivity contribution in [2.75, 3.05) is 7.05 Å². The van der Waals surface area contributed by atoms with Crippen LogP contribution in [0.1, 0.15) is 5.56 Å². The summed E-state index contributed by atoms with van der Waals surface area (Å²) in [5.74, 6) is 0. The predicted octanol–water partition coefficient (Wildman–Crippen LogP) is 1.07. The van der Waals surface area contributed by atoms with Gasteiger partial charge < -0.3 is 0 Å². The Hall–Kier alpha value is -1.74. The van der Waals surface area contributed by atoms with Gasteiger partial charge in [-0.1, -0.05) is 36.4 Å². The zero-order chi connectivity index (χ0) is 16.2. The lowest BCUT2D eigenvalue weighted by Gasteiger charge is -2.08. The van der Waals surface area contributed by atoms with E-state index >= 15 is 0 Å². The molecule has 0 saturated heterocycles. The maximum atomic E-state index is 12.2. The number of benzene rings is 2. The Morgan fingerprint density at radius 2 is 1.41 bits per heavy atom. The van der Waals surface area contributed by atoms with Crippen molar-refractivity contribution in [1.29, 1.82) is 0 Å². The molecular formula is C14H16N2O4S2. The van der Waals surface area contributed by atoms with E-state index in [2.05, 4.69) is 9.44 Å². The molecule has 2 aromatic carbocycles. The lowest BCUT2D eigenvalue weighted by atomic mass is 10.2. The molecular weight excluding hydrogens is 324 g/mol. The molecule has 6 nitrogen and oxygen atoms in total. The van der Waals surface area contributed by atoms with Crippen LogP contribution < -0.4 is 9.44 Å². The molecule has 0 radical (unpaired) electrons. The van der Waals surface area contributed by atoms with Crippen molar-refractivity contribution in [2.45, 2.75) is 16.3 Å². The van der Waals surface area contributed by atoms with Crippen molar-refractivity contribution < 1.29 is 16.8 Å². The van der Waals surface area contributed by atoms with Gasteiger partial charge in [-0.05, 0) is 30.8 Å². The summed E-state index contributed by atoms with van der Waals surface area (Å²) < 4.78 is 52.6. The number of nitrogens with one attached hydrogen (secondary N) is 2. The van der Waals surface area contributed by atoms with Crippen LogP contribution in [0.25, 0.3) is 0 Å². The Balaban J connectivity index is 2.25. The summed E-state index contributed by atoms with van der Waals surface area (Å²) in [7, 11) is -6.21. The Morgan fingerprint density at radius 3 is 2.00 bits per heavy atom. The second-order valence-corrected chi connectivity index (χ2v) is 8.15. The highest BCUT2D eigenvalue weighted by molar-refractivity contribution is 7.90. The van der Waals surface area contributed by atoms with Gasteiger partial charge in [0.1, 0.15) is 0 Å². The molecule has 0 aliphatic rings. The third-order valence-corrected chi connectivity index (χ3v) is 5.81. The third-order valence-electron chi connectivity index (χ3n) is 3.00. The average molecular weight is 340 g/mol. The maximum Gasteiger partial charge on any atom is 0.240 e. The zero-order valence-electron chi connectivity index (χ0n) is 11.9. The van der Waals surface area contributed by atoms with E-state index in [1.165, 1.54) is 25.2 Å². The van der Waals surface area contributed by atoms with E-state index < -0.39 is 20.0 Å². The number of rotatable bonds is 6. The first-order valence-corrected chi connectivity index (χ1v) is 9.39. The fraction of sp³-hybridized carbons (Fsp3) is 0.143. The Labute approximate surface area is 130 Å². The predicted molar refractivity (Wildman–Crippen MR) is 83.2 cm³/mol. The highest BCUT2D eigenvalue weighted by Gasteiger charge is 2.18. The second kappa shape index (κ2) is 6.57. The van der Waals surface area contributed by atoms with Crippen LogP contribution in [0.5, 0.6) is 0 Å². The molecule has 2 aromatic rings. The van der Waals surface area contributed by atoms with Crippen molar-refractivity contribution in [2.24, 2.45) is 0 Å².